The van der Waals surface area contributed by atoms with Gasteiger partial charge >= 0.3 is 0 Å². The van der Waals surface area contributed by atoms with Gasteiger partial charge < -0.3 is 14.6 Å². The molecule has 2 fully saturated rings. The van der Waals surface area contributed by atoms with E-state index in [1.807, 2.05) is 0 Å². The van der Waals surface area contributed by atoms with Crippen molar-refractivity contribution < 1.29 is 9.26 Å². The van der Waals surface area contributed by atoms with Crippen molar-refractivity contribution in [1.82, 2.24) is 15.5 Å². The van der Waals surface area contributed by atoms with Crippen molar-refractivity contribution in [2.45, 2.75) is 51.6 Å². The molecular weight excluding hydrogens is 242 g/mol. The van der Waals surface area contributed by atoms with Crippen molar-refractivity contribution in [3.05, 3.63) is 11.7 Å². The summed E-state index contributed by atoms with van der Waals surface area (Å²) in [5.41, 5.74) is 0.354. The molecule has 1 aliphatic carbocycles. The van der Waals surface area contributed by atoms with E-state index in [4.69, 9.17) is 9.26 Å². The number of aromatic nitrogens is 2. The van der Waals surface area contributed by atoms with Crippen LogP contribution in [0.4, 0.5) is 0 Å². The van der Waals surface area contributed by atoms with Gasteiger partial charge in [0.05, 0.1) is 19.1 Å². The predicted octanol–water partition coefficient (Wildman–Crippen LogP) is 1.89. The van der Waals surface area contributed by atoms with Gasteiger partial charge in [0, 0.05) is 5.92 Å². The molecule has 1 N–H and O–H groups in total. The molecule has 5 heteroatoms. The number of hydrogen-bond donors (Lipinski definition) is 1. The summed E-state index contributed by atoms with van der Waals surface area (Å²) in [5.74, 6) is 2.07. The molecule has 0 radical (unpaired) electrons. The zero-order chi connectivity index (χ0) is 13.3. The molecule has 1 aromatic rings. The van der Waals surface area contributed by atoms with Gasteiger partial charge in [-0.1, -0.05) is 19.0 Å². The summed E-state index contributed by atoms with van der Waals surface area (Å²) in [4.78, 5) is 4.48. The van der Waals surface area contributed by atoms with Crippen LogP contribution in [0, 0.1) is 5.41 Å². The van der Waals surface area contributed by atoms with Gasteiger partial charge in [0.25, 0.3) is 0 Å². The van der Waals surface area contributed by atoms with Gasteiger partial charge in [-0.15, -0.1) is 0 Å². The third-order valence-electron chi connectivity index (χ3n) is 4.26. The van der Waals surface area contributed by atoms with Crippen LogP contribution < -0.4 is 5.32 Å². The largest absolute Gasteiger partial charge is 0.378 e. The maximum absolute atomic E-state index is 5.85. The number of hydrogen-bond acceptors (Lipinski definition) is 5. The summed E-state index contributed by atoms with van der Waals surface area (Å²) in [5, 5.41) is 7.42. The van der Waals surface area contributed by atoms with Crippen LogP contribution in [0.2, 0.25) is 0 Å². The second-order valence-corrected chi connectivity index (χ2v) is 6.36. The van der Waals surface area contributed by atoms with Crippen LogP contribution in [0.5, 0.6) is 0 Å². The van der Waals surface area contributed by atoms with E-state index in [0.717, 1.165) is 44.6 Å². The summed E-state index contributed by atoms with van der Waals surface area (Å²) < 4.78 is 11.1. The highest BCUT2D eigenvalue weighted by molar-refractivity contribution is 5.14. The molecule has 5 nitrogen and oxygen atoms in total. The molecule has 0 amide bonds. The van der Waals surface area contributed by atoms with Crippen LogP contribution in [0.1, 0.15) is 50.7 Å². The van der Waals surface area contributed by atoms with Gasteiger partial charge in [0.2, 0.25) is 5.89 Å². The Kier molecular flexibility index (Phi) is 3.58. The van der Waals surface area contributed by atoms with E-state index in [1.165, 1.54) is 0 Å². The molecule has 19 heavy (non-hydrogen) atoms. The number of ether oxygens (including phenoxy) is 1. The summed E-state index contributed by atoms with van der Waals surface area (Å²) in [6, 6.07) is 0. The molecule has 106 valence electrons. The Morgan fingerprint density at radius 3 is 2.79 bits per heavy atom. The Bertz CT molecular complexity index is 424. The summed E-state index contributed by atoms with van der Waals surface area (Å²) in [6.07, 6.45) is 4.49. The fraction of sp³-hybridized carbons (Fsp3) is 0.857. The fourth-order valence-corrected chi connectivity index (χ4v) is 2.69. The lowest BCUT2D eigenvalue weighted by atomic mass is 10.1. The minimum absolute atomic E-state index is 0.354. The van der Waals surface area contributed by atoms with Gasteiger partial charge in [-0.2, -0.15) is 4.98 Å². The lowest BCUT2D eigenvalue weighted by Crippen LogP contribution is -2.32. The highest BCUT2D eigenvalue weighted by Crippen LogP contribution is 2.57. The minimum atomic E-state index is 0.354. The normalized spacial score (nSPS) is 26.5. The maximum Gasteiger partial charge on any atom is 0.228 e. The molecule has 2 heterocycles. The Hall–Kier alpha value is -0.940. The molecule has 0 spiro atoms. The molecule has 0 aromatic carbocycles. The number of nitrogens with zero attached hydrogens (tertiary/aromatic N) is 2. The first kappa shape index (κ1) is 13.1. The van der Waals surface area contributed by atoms with Crippen LogP contribution in [0.25, 0.3) is 0 Å². The van der Waals surface area contributed by atoms with E-state index in [1.54, 1.807) is 0 Å². The van der Waals surface area contributed by atoms with E-state index in [0.29, 0.717) is 29.9 Å². The summed E-state index contributed by atoms with van der Waals surface area (Å²) in [6.45, 7) is 7.29. The van der Waals surface area contributed by atoms with E-state index in [-0.39, 0.29) is 0 Å². The Morgan fingerprint density at radius 1 is 1.37 bits per heavy atom. The zero-order valence-electron chi connectivity index (χ0n) is 11.8. The van der Waals surface area contributed by atoms with Crippen molar-refractivity contribution in [1.29, 1.82) is 0 Å². The summed E-state index contributed by atoms with van der Waals surface area (Å²) >= 11 is 0. The van der Waals surface area contributed by atoms with Crippen molar-refractivity contribution in [2.75, 3.05) is 19.7 Å². The molecular formula is C14H23N3O2. The van der Waals surface area contributed by atoms with Crippen LogP contribution in [-0.4, -0.2) is 35.9 Å². The second kappa shape index (κ2) is 5.21. The fourth-order valence-electron chi connectivity index (χ4n) is 2.69. The molecule has 1 aromatic heterocycles. The van der Waals surface area contributed by atoms with E-state index in [9.17, 15) is 0 Å². The van der Waals surface area contributed by atoms with Crippen LogP contribution in [0.15, 0.2) is 4.52 Å². The number of nitrogens with one attached hydrogen (secondary N) is 1. The van der Waals surface area contributed by atoms with Crippen molar-refractivity contribution >= 4 is 0 Å². The summed E-state index contributed by atoms with van der Waals surface area (Å²) in [7, 11) is 0. The lowest BCUT2D eigenvalue weighted by Gasteiger charge is -2.22. The Balaban J connectivity index is 1.43. The second-order valence-electron chi connectivity index (χ2n) is 6.36. The molecule has 1 atom stereocenters. The standard InChI is InChI=1S/C14H23N3O2/c1-14(2)9-11(14)13-16-12(19-17-13)5-8-18-10-3-6-15-7-4-10/h10-11,15H,3-9H2,1-2H3. The van der Waals surface area contributed by atoms with Gasteiger partial charge in [0.15, 0.2) is 5.82 Å². The maximum atomic E-state index is 5.85. The van der Waals surface area contributed by atoms with Gasteiger partial charge in [0.1, 0.15) is 0 Å². The molecule has 1 aliphatic heterocycles. The number of rotatable bonds is 5. The smallest absolute Gasteiger partial charge is 0.228 e. The Morgan fingerprint density at radius 2 is 2.11 bits per heavy atom. The first-order valence-corrected chi connectivity index (χ1v) is 7.30. The van der Waals surface area contributed by atoms with Gasteiger partial charge in [-0.3, -0.25) is 0 Å². The first-order chi connectivity index (χ1) is 9.15. The molecule has 2 aliphatic rings. The molecule has 0 bridgehead atoms. The van der Waals surface area contributed by atoms with Crippen molar-refractivity contribution in [3.63, 3.8) is 0 Å². The lowest BCUT2D eigenvalue weighted by molar-refractivity contribution is 0.0322. The SMILES string of the molecule is CC1(C)CC1c1noc(CCOC2CCNCC2)n1. The molecule has 3 rings (SSSR count). The average Bonchev–Trinajstić information content (AvgIpc) is 2.84. The van der Waals surface area contributed by atoms with E-state index in [2.05, 4.69) is 29.3 Å². The van der Waals surface area contributed by atoms with Crippen molar-refractivity contribution in [3.8, 4) is 0 Å². The Labute approximate surface area is 114 Å². The quantitative estimate of drug-likeness (QED) is 0.881. The average molecular weight is 265 g/mol. The highest BCUT2D eigenvalue weighted by atomic mass is 16.5. The monoisotopic (exact) mass is 265 g/mol. The predicted molar refractivity (Wildman–Crippen MR) is 71.0 cm³/mol. The molecule has 1 saturated carbocycles. The van der Waals surface area contributed by atoms with Crippen LogP contribution in [0.3, 0.4) is 0 Å². The third kappa shape index (κ3) is 3.15. The highest BCUT2D eigenvalue weighted by Gasteiger charge is 2.49. The van der Waals surface area contributed by atoms with Crippen LogP contribution >= 0.6 is 0 Å². The van der Waals surface area contributed by atoms with Gasteiger partial charge in [-0.05, 0) is 37.8 Å². The number of piperidine rings is 1. The topological polar surface area (TPSA) is 60.2 Å². The molecule has 1 unspecified atom stereocenters. The van der Waals surface area contributed by atoms with E-state index < -0.39 is 0 Å². The minimum Gasteiger partial charge on any atom is -0.378 e. The zero-order valence-corrected chi connectivity index (χ0v) is 11.8. The first-order valence-electron chi connectivity index (χ1n) is 7.30. The third-order valence-corrected chi connectivity index (χ3v) is 4.26. The molecule has 1 saturated heterocycles. The van der Waals surface area contributed by atoms with Gasteiger partial charge in [-0.25, -0.2) is 0 Å². The van der Waals surface area contributed by atoms with Crippen molar-refractivity contribution in [2.24, 2.45) is 5.41 Å². The van der Waals surface area contributed by atoms with E-state index >= 15 is 0 Å². The van der Waals surface area contributed by atoms with Crippen LogP contribution in [-0.2, 0) is 11.2 Å².